The van der Waals surface area contributed by atoms with E-state index >= 15 is 0 Å². The highest BCUT2D eigenvalue weighted by molar-refractivity contribution is 5.84. The summed E-state index contributed by atoms with van der Waals surface area (Å²) in [6.45, 7) is 5.74. The fourth-order valence-electron chi connectivity index (χ4n) is 4.18. The third-order valence-electron chi connectivity index (χ3n) is 6.07. The van der Waals surface area contributed by atoms with E-state index in [1.165, 1.54) is 4.68 Å². The van der Waals surface area contributed by atoms with Gasteiger partial charge in [-0.1, -0.05) is 25.1 Å². The van der Waals surface area contributed by atoms with Crippen molar-refractivity contribution in [3.8, 4) is 17.2 Å². The molecule has 0 aliphatic rings. The summed E-state index contributed by atoms with van der Waals surface area (Å²) in [7, 11) is 3.14. The Kier molecular flexibility index (Phi) is 6.86. The van der Waals surface area contributed by atoms with Crippen molar-refractivity contribution in [1.29, 1.82) is 0 Å². The van der Waals surface area contributed by atoms with Gasteiger partial charge in [0.2, 0.25) is 5.91 Å². The van der Waals surface area contributed by atoms with Gasteiger partial charge in [-0.15, -0.1) is 0 Å². The second kappa shape index (κ2) is 10.0. The third-order valence-corrected chi connectivity index (χ3v) is 6.07. The molecule has 2 heterocycles. The molecule has 0 aliphatic heterocycles. The molecule has 1 unspecified atom stereocenters. The van der Waals surface area contributed by atoms with Crippen LogP contribution < -0.4 is 20.3 Å². The molecule has 0 saturated carbocycles. The third kappa shape index (κ3) is 4.49. The second-order valence-electron chi connectivity index (χ2n) is 8.21. The van der Waals surface area contributed by atoms with Gasteiger partial charge in [-0.05, 0) is 44.5 Å². The van der Waals surface area contributed by atoms with Gasteiger partial charge in [-0.2, -0.15) is 10.2 Å². The average Bonchev–Trinajstić information content (AvgIpc) is 3.24. The van der Waals surface area contributed by atoms with Crippen molar-refractivity contribution in [1.82, 2.24) is 24.9 Å². The van der Waals surface area contributed by atoms with Gasteiger partial charge in [0.05, 0.1) is 36.7 Å². The maximum absolute atomic E-state index is 13.5. The molecule has 0 fully saturated rings. The Bertz CT molecular complexity index is 1430. The molecule has 0 saturated heterocycles. The molecule has 9 nitrogen and oxygen atoms in total. The lowest BCUT2D eigenvalue weighted by Gasteiger charge is -2.18. The van der Waals surface area contributed by atoms with E-state index in [9.17, 15) is 9.59 Å². The molecule has 0 bridgehead atoms. The van der Waals surface area contributed by atoms with Crippen molar-refractivity contribution < 1.29 is 14.3 Å². The molecule has 9 heteroatoms. The van der Waals surface area contributed by atoms with Gasteiger partial charge in [0, 0.05) is 18.2 Å². The quantitative estimate of drug-likeness (QED) is 0.419. The number of ether oxygens (including phenoxy) is 2. The van der Waals surface area contributed by atoms with Crippen LogP contribution in [-0.2, 0) is 11.3 Å². The minimum atomic E-state index is -0.769. The molecule has 4 aromatic rings. The highest BCUT2D eigenvalue weighted by Crippen LogP contribution is 2.25. The lowest BCUT2D eigenvalue weighted by atomic mass is 10.1. The van der Waals surface area contributed by atoms with Gasteiger partial charge < -0.3 is 14.8 Å². The van der Waals surface area contributed by atoms with Crippen molar-refractivity contribution in [2.45, 2.75) is 39.8 Å². The van der Waals surface area contributed by atoms with E-state index in [0.717, 1.165) is 11.3 Å². The summed E-state index contributed by atoms with van der Waals surface area (Å²) in [6.07, 6.45) is 0.398. The van der Waals surface area contributed by atoms with Crippen molar-refractivity contribution in [2.75, 3.05) is 14.2 Å². The normalized spacial score (nSPS) is 11.9. The number of nitrogens with zero attached hydrogens (tertiary/aromatic N) is 4. The zero-order valence-corrected chi connectivity index (χ0v) is 20.5. The Hall–Kier alpha value is -4.14. The van der Waals surface area contributed by atoms with E-state index in [2.05, 4.69) is 15.5 Å². The highest BCUT2D eigenvalue weighted by atomic mass is 16.5. The van der Waals surface area contributed by atoms with Crippen LogP contribution in [0.5, 0.6) is 11.5 Å². The molecule has 35 heavy (non-hydrogen) atoms. The molecule has 0 spiro atoms. The molecule has 2 aromatic carbocycles. The molecule has 1 atom stereocenters. The fourth-order valence-corrected chi connectivity index (χ4v) is 4.18. The average molecular weight is 476 g/mol. The standard InChI is InChI=1S/C26H29N5O4/c1-6-21(25(32)27-15-18-12-13-20(34-4)14-22(18)35-5)31-26(33)23-17(3)30(19-10-8-7-9-11-19)29-24(23)16(2)28-31/h7-14,21H,6,15H2,1-5H3,(H,27,32). The van der Waals surface area contributed by atoms with Gasteiger partial charge in [0.1, 0.15) is 23.1 Å². The van der Waals surface area contributed by atoms with E-state index < -0.39 is 6.04 Å². The first-order chi connectivity index (χ1) is 16.9. The lowest BCUT2D eigenvalue weighted by molar-refractivity contribution is -0.125. The molecule has 182 valence electrons. The minimum Gasteiger partial charge on any atom is -0.497 e. The SMILES string of the molecule is CCC(C(=O)NCc1ccc(OC)cc1OC)n1nc(C)c2nn(-c3ccccc3)c(C)c2c1=O. The van der Waals surface area contributed by atoms with Gasteiger partial charge in [-0.25, -0.2) is 9.36 Å². The van der Waals surface area contributed by atoms with Crippen molar-refractivity contribution >= 4 is 16.8 Å². The summed E-state index contributed by atoms with van der Waals surface area (Å²) in [4.78, 5) is 26.7. The summed E-state index contributed by atoms with van der Waals surface area (Å²) in [5.74, 6) is 0.968. The zero-order chi connectivity index (χ0) is 25.1. The maximum atomic E-state index is 13.5. The molecule has 4 rings (SSSR count). The maximum Gasteiger partial charge on any atom is 0.278 e. The number of fused-ring (bicyclic) bond motifs is 1. The first-order valence-corrected chi connectivity index (χ1v) is 11.4. The number of aryl methyl sites for hydroxylation is 2. The van der Waals surface area contributed by atoms with E-state index in [1.54, 1.807) is 38.0 Å². The number of carbonyl (C=O) groups excluding carboxylic acids is 1. The summed E-state index contributed by atoms with van der Waals surface area (Å²) < 4.78 is 13.7. The van der Waals surface area contributed by atoms with Gasteiger partial charge in [0.15, 0.2) is 0 Å². The Morgan fingerprint density at radius 3 is 2.46 bits per heavy atom. The number of benzene rings is 2. The second-order valence-corrected chi connectivity index (χ2v) is 8.21. The number of nitrogens with one attached hydrogen (secondary N) is 1. The van der Waals surface area contributed by atoms with E-state index in [1.807, 2.05) is 50.2 Å². The van der Waals surface area contributed by atoms with Gasteiger partial charge >= 0.3 is 0 Å². The number of aromatic nitrogens is 4. The van der Waals surface area contributed by atoms with Crippen LogP contribution in [0.15, 0.2) is 53.3 Å². The Balaban J connectivity index is 1.67. The topological polar surface area (TPSA) is 100 Å². The number of para-hydroxylation sites is 1. The fraction of sp³-hybridized carbons (Fsp3) is 0.308. The molecular weight excluding hydrogens is 446 g/mol. The predicted molar refractivity (Wildman–Crippen MR) is 133 cm³/mol. The zero-order valence-electron chi connectivity index (χ0n) is 20.5. The molecule has 1 N–H and O–H groups in total. The number of carbonyl (C=O) groups is 1. The number of hydrogen-bond acceptors (Lipinski definition) is 6. The van der Waals surface area contributed by atoms with Crippen LogP contribution in [0.1, 0.15) is 36.3 Å². The predicted octanol–water partition coefficient (Wildman–Crippen LogP) is 3.48. The van der Waals surface area contributed by atoms with Crippen LogP contribution in [0.2, 0.25) is 0 Å². The van der Waals surface area contributed by atoms with Gasteiger partial charge in [0.25, 0.3) is 5.56 Å². The molecule has 2 aromatic heterocycles. The Morgan fingerprint density at radius 1 is 1.06 bits per heavy atom. The van der Waals surface area contributed by atoms with Crippen LogP contribution in [0, 0.1) is 13.8 Å². The van der Waals surface area contributed by atoms with Crippen LogP contribution in [0.25, 0.3) is 16.6 Å². The van der Waals surface area contributed by atoms with E-state index in [4.69, 9.17) is 9.47 Å². The number of hydrogen-bond donors (Lipinski definition) is 1. The van der Waals surface area contributed by atoms with Gasteiger partial charge in [-0.3, -0.25) is 9.59 Å². The first kappa shape index (κ1) is 24.0. The number of rotatable bonds is 8. The minimum absolute atomic E-state index is 0.240. The Morgan fingerprint density at radius 2 is 1.80 bits per heavy atom. The monoisotopic (exact) mass is 475 g/mol. The van der Waals surface area contributed by atoms with Crippen LogP contribution in [0.4, 0.5) is 0 Å². The van der Waals surface area contributed by atoms with Crippen LogP contribution >= 0.6 is 0 Å². The van der Waals surface area contributed by atoms with E-state index in [0.29, 0.717) is 40.2 Å². The van der Waals surface area contributed by atoms with Crippen molar-refractivity contribution in [2.24, 2.45) is 0 Å². The lowest BCUT2D eigenvalue weighted by Crippen LogP contribution is -2.38. The number of amides is 1. The smallest absolute Gasteiger partial charge is 0.278 e. The molecule has 0 radical (unpaired) electrons. The summed E-state index contributed by atoms with van der Waals surface area (Å²) in [6, 6.07) is 14.2. The highest BCUT2D eigenvalue weighted by Gasteiger charge is 2.25. The van der Waals surface area contributed by atoms with Crippen LogP contribution in [-0.4, -0.2) is 39.7 Å². The van der Waals surface area contributed by atoms with Crippen LogP contribution in [0.3, 0.4) is 0 Å². The van der Waals surface area contributed by atoms with E-state index in [-0.39, 0.29) is 18.0 Å². The molecule has 1 amide bonds. The molecular formula is C26H29N5O4. The summed E-state index contributed by atoms with van der Waals surface area (Å²) in [5, 5.41) is 12.5. The first-order valence-electron chi connectivity index (χ1n) is 11.4. The Labute approximate surface area is 203 Å². The summed E-state index contributed by atoms with van der Waals surface area (Å²) in [5.41, 5.74) is 3.13. The number of methoxy groups -OCH3 is 2. The molecule has 0 aliphatic carbocycles. The van der Waals surface area contributed by atoms with Crippen molar-refractivity contribution in [3.63, 3.8) is 0 Å². The summed E-state index contributed by atoms with van der Waals surface area (Å²) >= 11 is 0. The van der Waals surface area contributed by atoms with Crippen molar-refractivity contribution in [3.05, 3.63) is 75.8 Å². The largest absolute Gasteiger partial charge is 0.497 e.